The van der Waals surface area contributed by atoms with E-state index in [9.17, 15) is 4.39 Å². The summed E-state index contributed by atoms with van der Waals surface area (Å²) in [6.45, 7) is 1.99. The normalized spacial score (nSPS) is 15.7. The van der Waals surface area contributed by atoms with Gasteiger partial charge in [-0.25, -0.2) is 4.39 Å². The molecule has 0 saturated heterocycles. The molecule has 126 valence electrons. The molecule has 0 saturated carbocycles. The highest BCUT2D eigenvalue weighted by atomic mass is 35.5. The fourth-order valence-corrected chi connectivity index (χ4v) is 3.15. The third kappa shape index (κ3) is 2.76. The molecule has 2 aliphatic rings. The van der Waals surface area contributed by atoms with E-state index in [1.165, 1.54) is 12.1 Å². The van der Waals surface area contributed by atoms with Gasteiger partial charge in [-0.3, -0.25) is 15.4 Å². The Morgan fingerprint density at radius 1 is 1.24 bits per heavy atom. The first kappa shape index (κ1) is 15.7. The van der Waals surface area contributed by atoms with Gasteiger partial charge in [0.25, 0.3) is 0 Å². The van der Waals surface area contributed by atoms with Crippen molar-refractivity contribution in [3.05, 3.63) is 82.8 Å². The van der Waals surface area contributed by atoms with Crippen molar-refractivity contribution in [3.63, 3.8) is 0 Å². The largest absolute Gasteiger partial charge is 0.313 e. The Labute approximate surface area is 150 Å². The minimum atomic E-state index is -0.344. The number of rotatable bonds is 2. The molecular formula is C19H16ClFN4. The number of aromatic nitrogens is 1. The highest BCUT2D eigenvalue weighted by Gasteiger charge is 2.24. The van der Waals surface area contributed by atoms with E-state index < -0.39 is 0 Å². The smallest absolute Gasteiger partial charge is 0.132 e. The molecular weight excluding hydrogens is 339 g/mol. The van der Waals surface area contributed by atoms with Crippen molar-refractivity contribution in [1.29, 1.82) is 0 Å². The first-order chi connectivity index (χ1) is 12.0. The van der Waals surface area contributed by atoms with Crippen molar-refractivity contribution in [2.45, 2.75) is 6.92 Å². The minimum absolute atomic E-state index is 0.344. The van der Waals surface area contributed by atoms with Crippen LogP contribution in [-0.4, -0.2) is 17.0 Å². The number of benzene rings is 1. The Morgan fingerprint density at radius 3 is 2.92 bits per heavy atom. The van der Waals surface area contributed by atoms with Crippen LogP contribution in [0.3, 0.4) is 0 Å². The van der Waals surface area contributed by atoms with E-state index in [2.05, 4.69) is 15.3 Å². The molecule has 2 aromatic rings. The third-order valence-corrected chi connectivity index (χ3v) is 4.42. The van der Waals surface area contributed by atoms with Gasteiger partial charge in [0.2, 0.25) is 0 Å². The molecule has 1 N–H and O–H groups in total. The number of anilines is 1. The number of hydrogen-bond acceptors (Lipinski definition) is 4. The van der Waals surface area contributed by atoms with E-state index in [4.69, 9.17) is 11.6 Å². The van der Waals surface area contributed by atoms with Gasteiger partial charge in [0.1, 0.15) is 5.82 Å². The van der Waals surface area contributed by atoms with E-state index in [0.29, 0.717) is 16.3 Å². The lowest BCUT2D eigenvalue weighted by Gasteiger charge is -2.26. The number of pyridine rings is 1. The molecule has 1 aromatic heterocycles. The first-order valence-electron chi connectivity index (χ1n) is 7.84. The van der Waals surface area contributed by atoms with Crippen LogP contribution in [0.15, 0.2) is 66.4 Å². The van der Waals surface area contributed by atoms with Gasteiger partial charge in [-0.2, -0.15) is 0 Å². The monoisotopic (exact) mass is 354 g/mol. The molecule has 0 amide bonds. The Morgan fingerprint density at radius 2 is 2.08 bits per heavy atom. The highest BCUT2D eigenvalue weighted by molar-refractivity contribution is 6.30. The summed E-state index contributed by atoms with van der Waals surface area (Å²) in [6, 6.07) is 6.38. The Kier molecular flexibility index (Phi) is 3.73. The average Bonchev–Trinajstić information content (AvgIpc) is 2.98. The zero-order chi connectivity index (χ0) is 17.6. The summed E-state index contributed by atoms with van der Waals surface area (Å²) in [5.41, 5.74) is 8.16. The zero-order valence-corrected chi connectivity index (χ0v) is 14.5. The minimum Gasteiger partial charge on any atom is -0.313 e. The van der Waals surface area contributed by atoms with E-state index in [-0.39, 0.29) is 5.82 Å². The molecule has 0 radical (unpaired) electrons. The van der Waals surface area contributed by atoms with Crippen molar-refractivity contribution in [2.75, 3.05) is 11.9 Å². The van der Waals surface area contributed by atoms with Crippen LogP contribution < -0.4 is 10.3 Å². The van der Waals surface area contributed by atoms with Gasteiger partial charge in [-0.15, -0.1) is 0 Å². The lowest BCUT2D eigenvalue weighted by atomic mass is 10.1. The standard InChI is InChI=1S/C19H16ClFN4/c1-12-10-22-17(14-8-13(20)5-6-15(14)21)9-18(12)25-7-3-4-16-19(25)11-24(2)23-16/h3-11,23H,1-2H3. The molecule has 25 heavy (non-hydrogen) atoms. The quantitative estimate of drug-likeness (QED) is 0.868. The molecule has 4 rings (SSSR count). The first-order valence-corrected chi connectivity index (χ1v) is 8.22. The second kappa shape index (κ2) is 5.93. The van der Waals surface area contributed by atoms with Crippen LogP contribution in [0, 0.1) is 12.7 Å². The maximum absolute atomic E-state index is 14.2. The molecule has 0 spiro atoms. The number of nitrogens with zero attached hydrogens (tertiary/aromatic N) is 3. The summed E-state index contributed by atoms with van der Waals surface area (Å²) in [7, 11) is 1.94. The SMILES string of the molecule is Cc1cnc(-c2cc(Cl)ccc2F)cc1N1C=CC=C2NN(C)C=C21. The van der Waals surface area contributed by atoms with Crippen molar-refractivity contribution in [3.8, 4) is 11.3 Å². The highest BCUT2D eigenvalue weighted by Crippen LogP contribution is 2.34. The number of halogens is 2. The number of allylic oxidation sites excluding steroid dienone is 2. The summed E-state index contributed by atoms with van der Waals surface area (Å²) in [5.74, 6) is -0.344. The van der Waals surface area contributed by atoms with Gasteiger partial charge in [0.05, 0.1) is 22.8 Å². The molecule has 4 nitrogen and oxygen atoms in total. The van der Waals surface area contributed by atoms with Crippen LogP contribution in [0.5, 0.6) is 0 Å². The van der Waals surface area contributed by atoms with Gasteiger partial charge in [-0.05, 0) is 48.9 Å². The lowest BCUT2D eigenvalue weighted by molar-refractivity contribution is 0.398. The van der Waals surface area contributed by atoms with E-state index >= 15 is 0 Å². The summed E-state index contributed by atoms with van der Waals surface area (Å²) < 4.78 is 14.2. The lowest BCUT2D eigenvalue weighted by Crippen LogP contribution is -2.25. The van der Waals surface area contributed by atoms with Crippen LogP contribution in [0.2, 0.25) is 5.02 Å². The van der Waals surface area contributed by atoms with Gasteiger partial charge >= 0.3 is 0 Å². The maximum atomic E-state index is 14.2. The van der Waals surface area contributed by atoms with Crippen LogP contribution >= 0.6 is 11.6 Å². The maximum Gasteiger partial charge on any atom is 0.132 e. The Balaban J connectivity index is 1.81. The predicted octanol–water partition coefficient (Wildman–Crippen LogP) is 4.36. The molecule has 0 aliphatic carbocycles. The summed E-state index contributed by atoms with van der Waals surface area (Å²) in [6.07, 6.45) is 9.73. The van der Waals surface area contributed by atoms with Gasteiger partial charge in [-0.1, -0.05) is 11.6 Å². The van der Waals surface area contributed by atoms with E-state index in [0.717, 1.165) is 22.6 Å². The molecule has 0 unspecified atom stereocenters. The summed E-state index contributed by atoms with van der Waals surface area (Å²) >= 11 is 6.03. The van der Waals surface area contributed by atoms with E-state index in [1.54, 1.807) is 12.3 Å². The summed E-state index contributed by atoms with van der Waals surface area (Å²) in [4.78, 5) is 6.46. The molecule has 6 heteroatoms. The Hall–Kier alpha value is -2.79. The van der Waals surface area contributed by atoms with Gasteiger partial charge in [0.15, 0.2) is 0 Å². The van der Waals surface area contributed by atoms with Crippen molar-refractivity contribution in [2.24, 2.45) is 0 Å². The number of hydrogen-bond donors (Lipinski definition) is 1. The molecule has 0 bridgehead atoms. The third-order valence-electron chi connectivity index (χ3n) is 4.18. The molecule has 1 aromatic carbocycles. The zero-order valence-electron chi connectivity index (χ0n) is 13.8. The number of aryl methyl sites for hydroxylation is 1. The second-order valence-electron chi connectivity index (χ2n) is 6.01. The predicted molar refractivity (Wildman–Crippen MR) is 98.1 cm³/mol. The topological polar surface area (TPSA) is 31.4 Å². The van der Waals surface area contributed by atoms with Crippen LogP contribution in [0.1, 0.15) is 5.56 Å². The number of hydrazine groups is 1. The van der Waals surface area contributed by atoms with Gasteiger partial charge in [0, 0.05) is 36.2 Å². The van der Waals surface area contributed by atoms with Crippen molar-refractivity contribution in [1.82, 2.24) is 15.4 Å². The average molecular weight is 355 g/mol. The van der Waals surface area contributed by atoms with Crippen LogP contribution in [-0.2, 0) is 0 Å². The fraction of sp³-hybridized carbons (Fsp3) is 0.105. The molecule has 0 atom stereocenters. The summed E-state index contributed by atoms with van der Waals surface area (Å²) in [5, 5.41) is 2.38. The Bertz CT molecular complexity index is 948. The molecule has 0 fully saturated rings. The number of nitrogens with one attached hydrogen (secondary N) is 1. The van der Waals surface area contributed by atoms with Crippen LogP contribution in [0.4, 0.5) is 10.1 Å². The van der Waals surface area contributed by atoms with Crippen molar-refractivity contribution < 1.29 is 4.39 Å². The molecule has 3 heterocycles. The van der Waals surface area contributed by atoms with Crippen molar-refractivity contribution >= 4 is 17.3 Å². The van der Waals surface area contributed by atoms with E-state index in [1.807, 2.05) is 49.6 Å². The second-order valence-corrected chi connectivity index (χ2v) is 6.45. The molecule has 2 aliphatic heterocycles. The number of fused-ring (bicyclic) bond motifs is 1. The van der Waals surface area contributed by atoms with Crippen LogP contribution in [0.25, 0.3) is 11.3 Å². The fourth-order valence-electron chi connectivity index (χ4n) is 2.98. The van der Waals surface area contributed by atoms with Gasteiger partial charge < -0.3 is 4.90 Å².